The van der Waals surface area contributed by atoms with Crippen molar-refractivity contribution in [3.05, 3.63) is 65.9 Å². The van der Waals surface area contributed by atoms with Crippen LogP contribution in [0.2, 0.25) is 0 Å². The minimum atomic E-state index is -0.346. The topological polar surface area (TPSA) is 79.8 Å². The Balaban J connectivity index is 1.81. The molecule has 7 heteroatoms. The first kappa shape index (κ1) is 21.6. The van der Waals surface area contributed by atoms with Crippen LogP contribution in [0.25, 0.3) is 0 Å². The summed E-state index contributed by atoms with van der Waals surface area (Å²) in [5.74, 6) is -0.427. The molecule has 0 fully saturated rings. The molecule has 0 saturated heterocycles. The molecule has 0 radical (unpaired) electrons. The summed E-state index contributed by atoms with van der Waals surface area (Å²) in [5.41, 5.74) is 4.13. The van der Waals surface area contributed by atoms with Gasteiger partial charge in [0.15, 0.2) is 0 Å². The summed E-state index contributed by atoms with van der Waals surface area (Å²) >= 11 is 1.38. The van der Waals surface area contributed by atoms with E-state index < -0.39 is 0 Å². The first-order valence-electron chi connectivity index (χ1n) is 9.74. The molecule has 0 saturated carbocycles. The lowest BCUT2D eigenvalue weighted by molar-refractivity contribution is -0.139. The molecule has 6 nitrogen and oxygen atoms in total. The maximum absolute atomic E-state index is 12.8. The van der Waals surface area contributed by atoms with Gasteiger partial charge in [-0.05, 0) is 43.7 Å². The van der Waals surface area contributed by atoms with E-state index in [1.54, 1.807) is 0 Å². The Morgan fingerprint density at radius 1 is 1.17 bits per heavy atom. The minimum Gasteiger partial charge on any atom is -0.469 e. The lowest BCUT2D eigenvalue weighted by Gasteiger charge is -2.15. The van der Waals surface area contributed by atoms with Gasteiger partial charge in [0.05, 0.1) is 35.2 Å². The molecule has 156 valence electrons. The summed E-state index contributed by atoms with van der Waals surface area (Å²) in [6.07, 6.45) is 2.54. The number of nitrogens with zero attached hydrogens (tertiary/aromatic N) is 1. The summed E-state index contributed by atoms with van der Waals surface area (Å²) < 4.78 is 4.80. The third-order valence-corrected chi connectivity index (χ3v) is 5.82. The summed E-state index contributed by atoms with van der Waals surface area (Å²) in [5, 5.41) is 6.56. The monoisotopic (exact) mass is 423 g/mol. The molecule has 1 atom stereocenters. The molecule has 1 heterocycles. The van der Waals surface area contributed by atoms with E-state index in [9.17, 15) is 9.59 Å². The number of rotatable bonds is 6. The summed E-state index contributed by atoms with van der Waals surface area (Å²) in [6, 6.07) is 15.3. The van der Waals surface area contributed by atoms with Crippen LogP contribution in [-0.4, -0.2) is 29.3 Å². The molecular weight excluding hydrogens is 398 g/mol. The zero-order valence-corrected chi connectivity index (χ0v) is 18.1. The molecule has 1 amide bonds. The van der Waals surface area contributed by atoms with Crippen molar-refractivity contribution in [1.29, 1.82) is 0 Å². The molecule has 1 aliphatic heterocycles. The van der Waals surface area contributed by atoms with Gasteiger partial charge in [0, 0.05) is 11.4 Å². The van der Waals surface area contributed by atoms with Gasteiger partial charge in [-0.2, -0.15) is 0 Å². The van der Waals surface area contributed by atoms with E-state index in [1.807, 2.05) is 68.5 Å². The molecule has 2 aromatic carbocycles. The van der Waals surface area contributed by atoms with E-state index in [0.29, 0.717) is 17.2 Å². The Morgan fingerprint density at radius 3 is 2.60 bits per heavy atom. The van der Waals surface area contributed by atoms with Crippen LogP contribution in [-0.2, 0) is 14.3 Å². The number of methoxy groups -OCH3 is 1. The van der Waals surface area contributed by atoms with Gasteiger partial charge in [0.2, 0.25) is 5.91 Å². The largest absolute Gasteiger partial charge is 0.469 e. The molecule has 3 rings (SSSR count). The van der Waals surface area contributed by atoms with Crippen molar-refractivity contribution in [3.8, 4) is 0 Å². The number of hydrogen-bond acceptors (Lipinski definition) is 6. The van der Waals surface area contributed by atoms with E-state index in [1.165, 1.54) is 18.9 Å². The highest BCUT2D eigenvalue weighted by molar-refractivity contribution is 8.15. The smallest absolute Gasteiger partial charge is 0.311 e. The maximum Gasteiger partial charge on any atom is 0.311 e. The van der Waals surface area contributed by atoms with E-state index in [2.05, 4.69) is 10.6 Å². The molecule has 2 N–H and O–H groups in total. The van der Waals surface area contributed by atoms with Crippen molar-refractivity contribution in [3.63, 3.8) is 0 Å². The van der Waals surface area contributed by atoms with Gasteiger partial charge in [-0.1, -0.05) is 48.5 Å². The predicted octanol–water partition coefficient (Wildman–Crippen LogP) is 5.05. The molecule has 0 unspecified atom stereocenters. The standard InChI is InChI=1S/C23H25N3O3S/c1-4-20(23(28)25-16-11-9-15(2)10-12-16)30-21-13-17(14-22(27)29-3)24-18-7-5-6-8-19(18)26-21/h5-13,20,24H,4,14H2,1-3H3,(H,25,28)/t20-/m1/s1. The van der Waals surface area contributed by atoms with E-state index in [0.717, 1.165) is 22.6 Å². The molecule has 0 bridgehead atoms. The normalized spacial score (nSPS) is 13.7. The lowest BCUT2D eigenvalue weighted by Crippen LogP contribution is -2.25. The maximum atomic E-state index is 12.8. The zero-order chi connectivity index (χ0) is 21.5. The number of aliphatic imine (C=N–C) groups is 1. The number of carbonyl (C=O) groups is 2. The summed E-state index contributed by atoms with van der Waals surface area (Å²) in [6.45, 7) is 3.97. The van der Waals surface area contributed by atoms with Crippen LogP contribution in [0.15, 0.2) is 65.3 Å². The molecule has 2 aromatic rings. The molecular formula is C23H25N3O3S. The van der Waals surface area contributed by atoms with E-state index in [-0.39, 0.29) is 23.5 Å². The average Bonchev–Trinajstić information content (AvgIpc) is 2.91. The first-order chi connectivity index (χ1) is 14.5. The fraction of sp³-hybridized carbons (Fsp3) is 0.261. The minimum absolute atomic E-state index is 0.0811. The van der Waals surface area contributed by atoms with Crippen molar-refractivity contribution in [2.45, 2.75) is 31.9 Å². The second-order valence-corrected chi connectivity index (χ2v) is 8.11. The number of para-hydroxylation sites is 2. The van der Waals surface area contributed by atoms with E-state index in [4.69, 9.17) is 9.73 Å². The van der Waals surface area contributed by atoms with Gasteiger partial charge in [0.1, 0.15) is 0 Å². The Kier molecular flexibility index (Phi) is 7.30. The van der Waals surface area contributed by atoms with Crippen LogP contribution in [0.1, 0.15) is 25.3 Å². The van der Waals surface area contributed by atoms with Crippen molar-refractivity contribution >= 4 is 45.7 Å². The number of anilines is 2. The van der Waals surface area contributed by atoms with Crippen LogP contribution in [0.4, 0.5) is 17.1 Å². The number of aryl methyl sites for hydroxylation is 1. The van der Waals surface area contributed by atoms with Crippen LogP contribution >= 0.6 is 11.8 Å². The van der Waals surface area contributed by atoms with Crippen molar-refractivity contribution in [2.24, 2.45) is 4.99 Å². The van der Waals surface area contributed by atoms with Gasteiger partial charge < -0.3 is 15.4 Å². The number of thioether (sulfide) groups is 1. The van der Waals surface area contributed by atoms with Crippen molar-refractivity contribution in [2.75, 3.05) is 17.7 Å². The first-order valence-corrected chi connectivity index (χ1v) is 10.6. The Hall–Kier alpha value is -3.06. The van der Waals surface area contributed by atoms with Gasteiger partial charge >= 0.3 is 5.97 Å². The number of benzene rings is 2. The van der Waals surface area contributed by atoms with E-state index >= 15 is 0 Å². The summed E-state index contributed by atoms with van der Waals surface area (Å²) in [7, 11) is 1.36. The molecule has 0 aliphatic carbocycles. The second kappa shape index (κ2) is 10.1. The number of hydrogen-bond donors (Lipinski definition) is 2. The highest BCUT2D eigenvalue weighted by atomic mass is 32.2. The van der Waals surface area contributed by atoms with Crippen molar-refractivity contribution in [1.82, 2.24) is 0 Å². The quantitative estimate of drug-likeness (QED) is 0.636. The number of carbonyl (C=O) groups excluding carboxylic acids is 2. The second-order valence-electron chi connectivity index (χ2n) is 6.88. The van der Waals surface area contributed by atoms with Crippen LogP contribution < -0.4 is 10.6 Å². The highest BCUT2D eigenvalue weighted by Crippen LogP contribution is 2.32. The Bertz CT molecular complexity index is 983. The molecule has 0 spiro atoms. The molecule has 1 aliphatic rings. The fourth-order valence-corrected chi connectivity index (χ4v) is 3.88. The highest BCUT2D eigenvalue weighted by Gasteiger charge is 2.22. The van der Waals surface area contributed by atoms with Crippen molar-refractivity contribution < 1.29 is 14.3 Å². The van der Waals surface area contributed by atoms with Crippen LogP contribution in [0, 0.1) is 6.92 Å². The number of nitrogens with one attached hydrogen (secondary N) is 2. The predicted molar refractivity (Wildman–Crippen MR) is 123 cm³/mol. The fourth-order valence-electron chi connectivity index (χ4n) is 2.90. The Labute approximate surface area is 180 Å². The average molecular weight is 424 g/mol. The number of fused-ring (bicyclic) bond motifs is 1. The molecule has 30 heavy (non-hydrogen) atoms. The summed E-state index contributed by atoms with van der Waals surface area (Å²) in [4.78, 5) is 29.4. The third kappa shape index (κ3) is 5.73. The number of esters is 1. The zero-order valence-electron chi connectivity index (χ0n) is 17.3. The van der Waals surface area contributed by atoms with Gasteiger partial charge in [-0.3, -0.25) is 9.59 Å². The van der Waals surface area contributed by atoms with Crippen LogP contribution in [0.5, 0.6) is 0 Å². The lowest BCUT2D eigenvalue weighted by atomic mass is 10.2. The Morgan fingerprint density at radius 2 is 1.90 bits per heavy atom. The van der Waals surface area contributed by atoms with Gasteiger partial charge in [-0.25, -0.2) is 4.99 Å². The number of ether oxygens (including phenoxy) is 1. The SMILES string of the molecule is CC[C@@H](SC1=Nc2ccccc2NC(CC(=O)OC)=C1)C(=O)Nc1ccc(C)cc1. The third-order valence-electron chi connectivity index (χ3n) is 4.54. The van der Waals surface area contributed by atoms with Crippen LogP contribution in [0.3, 0.4) is 0 Å². The van der Waals surface area contributed by atoms with Gasteiger partial charge in [0.25, 0.3) is 0 Å². The number of amides is 1. The van der Waals surface area contributed by atoms with Gasteiger partial charge in [-0.15, -0.1) is 0 Å². The molecule has 0 aromatic heterocycles.